The Morgan fingerprint density at radius 2 is 1.79 bits per heavy atom. The Hall–Kier alpha value is -3.53. The molecule has 0 amide bonds. The normalized spacial score (nSPS) is 21.4. The van der Waals surface area contributed by atoms with Gasteiger partial charge in [-0.1, -0.05) is 0 Å². The van der Waals surface area contributed by atoms with E-state index in [-0.39, 0.29) is 6.10 Å². The molecule has 4 aromatic rings. The van der Waals surface area contributed by atoms with Crippen LogP contribution in [0.1, 0.15) is 25.7 Å². The molecular weight excluding hydrogens is 420 g/mol. The third kappa shape index (κ3) is 4.25. The molecule has 1 saturated carbocycles. The summed E-state index contributed by atoms with van der Waals surface area (Å²) in [5, 5.41) is 7.63. The number of benzene rings is 1. The van der Waals surface area contributed by atoms with Gasteiger partial charge in [-0.25, -0.2) is 19.5 Å². The van der Waals surface area contributed by atoms with E-state index in [1.165, 1.54) is 6.33 Å². The third-order valence-corrected chi connectivity index (χ3v) is 6.39. The second-order valence-corrected chi connectivity index (χ2v) is 8.54. The molecule has 1 N–H and O–H groups in total. The number of anilines is 2. The van der Waals surface area contributed by atoms with E-state index in [4.69, 9.17) is 9.47 Å². The zero-order valence-electron chi connectivity index (χ0n) is 18.3. The number of morpholine rings is 1. The molecule has 0 bridgehead atoms. The largest absolute Gasteiger partial charge is 0.488 e. The average Bonchev–Trinajstić information content (AvgIpc) is 3.34. The van der Waals surface area contributed by atoms with Gasteiger partial charge in [0, 0.05) is 49.3 Å². The lowest BCUT2D eigenvalue weighted by atomic mass is 9.93. The maximum atomic E-state index is 6.52. The van der Waals surface area contributed by atoms with Crippen LogP contribution >= 0.6 is 0 Å². The van der Waals surface area contributed by atoms with Crippen LogP contribution in [-0.4, -0.2) is 68.0 Å². The van der Waals surface area contributed by atoms with Crippen LogP contribution in [0.25, 0.3) is 16.7 Å². The van der Waals surface area contributed by atoms with E-state index >= 15 is 0 Å². The molecule has 0 atom stereocenters. The van der Waals surface area contributed by atoms with E-state index in [0.717, 1.165) is 85.9 Å². The molecule has 6 rings (SSSR count). The Morgan fingerprint density at radius 3 is 2.67 bits per heavy atom. The number of hydrogen-bond acceptors (Lipinski definition) is 9. The summed E-state index contributed by atoms with van der Waals surface area (Å²) in [6.07, 6.45) is 10.8. The van der Waals surface area contributed by atoms with E-state index in [0.29, 0.717) is 6.04 Å². The minimum Gasteiger partial charge on any atom is -0.488 e. The van der Waals surface area contributed by atoms with Crippen LogP contribution in [0, 0.1) is 0 Å². The van der Waals surface area contributed by atoms with Gasteiger partial charge in [0.25, 0.3) is 0 Å². The molecule has 0 spiro atoms. The van der Waals surface area contributed by atoms with Crippen molar-refractivity contribution in [1.29, 1.82) is 0 Å². The Labute approximate surface area is 191 Å². The van der Waals surface area contributed by atoms with Crippen molar-refractivity contribution in [2.45, 2.75) is 37.8 Å². The predicted molar refractivity (Wildman–Crippen MR) is 124 cm³/mol. The van der Waals surface area contributed by atoms with Crippen molar-refractivity contribution in [3.63, 3.8) is 0 Å². The number of fused-ring (bicyclic) bond motifs is 2. The molecule has 2 aliphatic rings. The first-order valence-electron chi connectivity index (χ1n) is 11.5. The fourth-order valence-electron chi connectivity index (χ4n) is 4.64. The summed E-state index contributed by atoms with van der Waals surface area (Å²) in [6, 6.07) is 6.50. The molecular formula is C23H26N8O2. The molecule has 1 aromatic carbocycles. The lowest BCUT2D eigenvalue weighted by molar-refractivity contribution is 0.122. The highest BCUT2D eigenvalue weighted by Crippen LogP contribution is 2.33. The van der Waals surface area contributed by atoms with Crippen molar-refractivity contribution in [2.24, 2.45) is 0 Å². The lowest BCUT2D eigenvalue weighted by Gasteiger charge is -2.31. The number of hydrogen-bond donors (Lipinski definition) is 1. The van der Waals surface area contributed by atoms with Gasteiger partial charge in [0.05, 0.1) is 24.8 Å². The van der Waals surface area contributed by atoms with Crippen molar-refractivity contribution < 1.29 is 9.47 Å². The molecule has 3 aromatic heterocycles. The molecule has 4 heterocycles. The molecule has 1 aliphatic carbocycles. The second kappa shape index (κ2) is 8.78. The van der Waals surface area contributed by atoms with Gasteiger partial charge in [0.1, 0.15) is 29.7 Å². The Bertz CT molecular complexity index is 1250. The summed E-state index contributed by atoms with van der Waals surface area (Å²) >= 11 is 0. The van der Waals surface area contributed by atoms with E-state index in [2.05, 4.69) is 47.4 Å². The van der Waals surface area contributed by atoms with Crippen LogP contribution < -0.4 is 15.0 Å². The Balaban J connectivity index is 1.14. The summed E-state index contributed by atoms with van der Waals surface area (Å²) in [5.41, 5.74) is 3.59. The van der Waals surface area contributed by atoms with Crippen LogP contribution in [-0.2, 0) is 4.74 Å². The molecule has 33 heavy (non-hydrogen) atoms. The van der Waals surface area contributed by atoms with E-state index in [1.807, 2.05) is 6.07 Å². The molecule has 1 aliphatic heterocycles. The highest BCUT2D eigenvalue weighted by atomic mass is 16.5. The van der Waals surface area contributed by atoms with Gasteiger partial charge in [0.2, 0.25) is 0 Å². The third-order valence-electron chi connectivity index (χ3n) is 6.39. The van der Waals surface area contributed by atoms with Crippen LogP contribution in [0.3, 0.4) is 0 Å². The summed E-state index contributed by atoms with van der Waals surface area (Å²) in [7, 11) is 0. The molecule has 0 unspecified atom stereocenters. The fraction of sp³-hybridized carbons (Fsp3) is 0.435. The van der Waals surface area contributed by atoms with E-state index in [9.17, 15) is 0 Å². The van der Waals surface area contributed by atoms with Gasteiger partial charge < -0.3 is 19.7 Å². The standard InChI is InChI=1S/C23H26N8O2/c1-3-18(4-2-16(1)29-21-13-22-26-14-28-31(22)15-27-21)33-20-12-17(30-7-9-32-10-8-30)11-19-23(20)25-6-5-24-19/h5-6,11-16,18,29H,1-4,7-10H2/t16-,18+. The first-order valence-corrected chi connectivity index (χ1v) is 11.5. The molecule has 10 heteroatoms. The molecule has 0 radical (unpaired) electrons. The van der Waals surface area contributed by atoms with Crippen LogP contribution in [0.5, 0.6) is 5.75 Å². The van der Waals surface area contributed by atoms with Gasteiger partial charge in [-0.05, 0) is 31.7 Å². The number of ether oxygens (including phenoxy) is 2. The monoisotopic (exact) mass is 446 g/mol. The lowest BCUT2D eigenvalue weighted by Crippen LogP contribution is -2.36. The van der Waals surface area contributed by atoms with Crippen molar-refractivity contribution in [3.8, 4) is 5.75 Å². The van der Waals surface area contributed by atoms with Crippen LogP contribution in [0.2, 0.25) is 0 Å². The number of nitrogens with zero attached hydrogens (tertiary/aromatic N) is 7. The zero-order chi connectivity index (χ0) is 22.0. The van der Waals surface area contributed by atoms with Crippen LogP contribution in [0.4, 0.5) is 11.5 Å². The number of nitrogens with one attached hydrogen (secondary N) is 1. The minimum atomic E-state index is 0.153. The Morgan fingerprint density at radius 1 is 0.939 bits per heavy atom. The maximum absolute atomic E-state index is 6.52. The molecule has 1 saturated heterocycles. The average molecular weight is 447 g/mol. The quantitative estimate of drug-likeness (QED) is 0.496. The first-order chi connectivity index (χ1) is 16.3. The van der Waals surface area contributed by atoms with Gasteiger partial charge in [-0.15, -0.1) is 0 Å². The van der Waals surface area contributed by atoms with Gasteiger partial charge in [-0.2, -0.15) is 5.10 Å². The van der Waals surface area contributed by atoms with Crippen molar-refractivity contribution >= 4 is 28.2 Å². The first kappa shape index (κ1) is 20.1. The minimum absolute atomic E-state index is 0.153. The molecule has 2 fully saturated rings. The van der Waals surface area contributed by atoms with Crippen LogP contribution in [0.15, 0.2) is 43.2 Å². The smallest absolute Gasteiger partial charge is 0.160 e. The van der Waals surface area contributed by atoms with E-state index in [1.54, 1.807) is 23.2 Å². The SMILES string of the molecule is c1cnc2c(O[C@H]3CC[C@@H](Nc4cc5ncnn5cn4)CC3)cc(N3CCOCC3)cc2n1. The maximum Gasteiger partial charge on any atom is 0.160 e. The van der Waals surface area contributed by atoms with Crippen molar-refractivity contribution in [2.75, 3.05) is 36.5 Å². The van der Waals surface area contributed by atoms with Crippen molar-refractivity contribution in [3.05, 3.63) is 43.2 Å². The zero-order valence-corrected chi connectivity index (χ0v) is 18.3. The summed E-state index contributed by atoms with van der Waals surface area (Å²) < 4.78 is 13.7. The van der Waals surface area contributed by atoms with E-state index < -0.39 is 0 Å². The van der Waals surface area contributed by atoms with Gasteiger partial charge in [0.15, 0.2) is 5.65 Å². The summed E-state index contributed by atoms with van der Waals surface area (Å²) in [6.45, 7) is 3.22. The molecule has 170 valence electrons. The number of rotatable bonds is 5. The second-order valence-electron chi connectivity index (χ2n) is 8.54. The summed E-state index contributed by atoms with van der Waals surface area (Å²) in [4.78, 5) is 20.1. The Kier molecular flexibility index (Phi) is 5.35. The van der Waals surface area contributed by atoms with Gasteiger partial charge in [-0.3, -0.25) is 4.98 Å². The predicted octanol–water partition coefficient (Wildman–Crippen LogP) is 2.71. The number of aromatic nitrogens is 6. The topological polar surface area (TPSA) is 103 Å². The summed E-state index contributed by atoms with van der Waals surface area (Å²) in [5.74, 6) is 1.65. The highest BCUT2D eigenvalue weighted by Gasteiger charge is 2.24. The fourth-order valence-corrected chi connectivity index (χ4v) is 4.64. The van der Waals surface area contributed by atoms with Crippen molar-refractivity contribution in [1.82, 2.24) is 29.5 Å². The van der Waals surface area contributed by atoms with Gasteiger partial charge >= 0.3 is 0 Å². The molecule has 10 nitrogen and oxygen atoms in total. The highest BCUT2D eigenvalue weighted by molar-refractivity contribution is 5.85.